The molecule has 0 aliphatic carbocycles. The average Bonchev–Trinajstić information content (AvgIpc) is 3.21. The summed E-state index contributed by atoms with van der Waals surface area (Å²) in [5.41, 5.74) is 0.538. The standard InChI is InChI=1S/C18H25N3O4.ClH/c1-24-15-9-14(10-16(11-15)25-2)18(23)21-7-5-20(6-8-21)17(22)13-3-4-19-12-13;/h9-11,13,19H,3-8,12H2,1-2H3;1H. The summed E-state index contributed by atoms with van der Waals surface area (Å²) in [5, 5.41) is 3.23. The zero-order chi connectivity index (χ0) is 17.8. The van der Waals surface area contributed by atoms with E-state index < -0.39 is 0 Å². The minimum Gasteiger partial charge on any atom is -0.497 e. The van der Waals surface area contributed by atoms with Gasteiger partial charge in [0, 0.05) is 44.4 Å². The third kappa shape index (κ3) is 4.40. The van der Waals surface area contributed by atoms with E-state index in [1.54, 1.807) is 37.3 Å². The molecule has 1 unspecified atom stereocenters. The van der Waals surface area contributed by atoms with E-state index in [9.17, 15) is 9.59 Å². The van der Waals surface area contributed by atoms with Crippen LogP contribution in [-0.4, -0.2) is 75.1 Å². The Kier molecular flexibility index (Phi) is 7.11. The summed E-state index contributed by atoms with van der Waals surface area (Å²) in [6.45, 7) is 3.94. The molecule has 2 heterocycles. The lowest BCUT2D eigenvalue weighted by molar-refractivity contribution is -0.136. The van der Waals surface area contributed by atoms with Gasteiger partial charge in [-0.2, -0.15) is 0 Å². The highest BCUT2D eigenvalue weighted by atomic mass is 35.5. The quantitative estimate of drug-likeness (QED) is 0.840. The van der Waals surface area contributed by atoms with Crippen LogP contribution in [0.1, 0.15) is 16.8 Å². The van der Waals surface area contributed by atoms with E-state index in [1.165, 1.54) is 0 Å². The molecule has 0 saturated carbocycles. The van der Waals surface area contributed by atoms with Crippen LogP contribution in [0.3, 0.4) is 0 Å². The van der Waals surface area contributed by atoms with E-state index in [4.69, 9.17) is 9.47 Å². The van der Waals surface area contributed by atoms with Crippen LogP contribution in [0.2, 0.25) is 0 Å². The van der Waals surface area contributed by atoms with Gasteiger partial charge in [0.15, 0.2) is 0 Å². The fraction of sp³-hybridized carbons (Fsp3) is 0.556. The van der Waals surface area contributed by atoms with Crippen molar-refractivity contribution in [3.05, 3.63) is 23.8 Å². The van der Waals surface area contributed by atoms with Crippen molar-refractivity contribution in [3.8, 4) is 11.5 Å². The van der Waals surface area contributed by atoms with E-state index in [1.807, 2.05) is 4.90 Å². The van der Waals surface area contributed by atoms with Crippen molar-refractivity contribution in [2.24, 2.45) is 5.92 Å². The fourth-order valence-electron chi connectivity index (χ4n) is 3.37. The molecule has 2 fully saturated rings. The maximum atomic E-state index is 12.8. The van der Waals surface area contributed by atoms with Crippen LogP contribution in [0.15, 0.2) is 18.2 Å². The number of carbonyl (C=O) groups is 2. The first-order valence-electron chi connectivity index (χ1n) is 8.64. The number of halogens is 1. The number of hydrogen-bond acceptors (Lipinski definition) is 5. The van der Waals surface area contributed by atoms with Gasteiger partial charge in [0.05, 0.1) is 20.1 Å². The van der Waals surface area contributed by atoms with Crippen LogP contribution in [0.5, 0.6) is 11.5 Å². The molecule has 0 spiro atoms. The SMILES string of the molecule is COc1cc(OC)cc(C(=O)N2CCN(C(=O)C3CCNC3)CC2)c1.Cl. The second-order valence-corrected chi connectivity index (χ2v) is 6.41. The molecule has 26 heavy (non-hydrogen) atoms. The number of methoxy groups -OCH3 is 2. The molecule has 0 aromatic heterocycles. The van der Waals surface area contributed by atoms with Crippen molar-refractivity contribution in [1.82, 2.24) is 15.1 Å². The number of amides is 2. The van der Waals surface area contributed by atoms with E-state index >= 15 is 0 Å². The number of piperazine rings is 1. The Morgan fingerprint density at radius 2 is 1.58 bits per heavy atom. The van der Waals surface area contributed by atoms with Gasteiger partial charge in [0.2, 0.25) is 5.91 Å². The van der Waals surface area contributed by atoms with Crippen molar-refractivity contribution < 1.29 is 19.1 Å². The molecule has 1 atom stereocenters. The molecule has 0 radical (unpaired) electrons. The molecule has 1 aromatic carbocycles. The largest absolute Gasteiger partial charge is 0.497 e. The Morgan fingerprint density at radius 3 is 2.08 bits per heavy atom. The second-order valence-electron chi connectivity index (χ2n) is 6.41. The molecule has 1 aromatic rings. The second kappa shape index (κ2) is 9.09. The van der Waals surface area contributed by atoms with Crippen LogP contribution in [0.4, 0.5) is 0 Å². The van der Waals surface area contributed by atoms with Crippen molar-refractivity contribution in [2.45, 2.75) is 6.42 Å². The van der Waals surface area contributed by atoms with Crippen LogP contribution >= 0.6 is 12.4 Å². The monoisotopic (exact) mass is 383 g/mol. The first kappa shape index (κ1) is 20.3. The topological polar surface area (TPSA) is 71.1 Å². The van der Waals surface area contributed by atoms with Crippen molar-refractivity contribution in [2.75, 3.05) is 53.5 Å². The number of hydrogen-bond donors (Lipinski definition) is 1. The van der Waals surface area contributed by atoms with Crippen LogP contribution in [0.25, 0.3) is 0 Å². The van der Waals surface area contributed by atoms with E-state index in [2.05, 4.69) is 5.32 Å². The normalized spacial score (nSPS) is 19.7. The molecular formula is C18H26ClN3O4. The summed E-state index contributed by atoms with van der Waals surface area (Å²) >= 11 is 0. The number of benzene rings is 1. The van der Waals surface area contributed by atoms with Gasteiger partial charge >= 0.3 is 0 Å². The van der Waals surface area contributed by atoms with Crippen molar-refractivity contribution in [3.63, 3.8) is 0 Å². The van der Waals surface area contributed by atoms with Gasteiger partial charge in [0.25, 0.3) is 5.91 Å². The summed E-state index contributed by atoms with van der Waals surface area (Å²) < 4.78 is 10.5. The Bertz CT molecular complexity index is 619. The number of ether oxygens (including phenoxy) is 2. The van der Waals surface area contributed by atoms with Gasteiger partial charge in [-0.15, -0.1) is 12.4 Å². The summed E-state index contributed by atoms with van der Waals surface area (Å²) in [4.78, 5) is 28.9. The maximum Gasteiger partial charge on any atom is 0.254 e. The summed E-state index contributed by atoms with van der Waals surface area (Å²) in [6, 6.07) is 5.17. The smallest absolute Gasteiger partial charge is 0.254 e. The zero-order valence-corrected chi connectivity index (χ0v) is 16.0. The number of nitrogens with one attached hydrogen (secondary N) is 1. The number of rotatable bonds is 4. The third-order valence-electron chi connectivity index (χ3n) is 4.89. The molecule has 8 heteroatoms. The summed E-state index contributed by atoms with van der Waals surface area (Å²) in [5.74, 6) is 1.41. The van der Waals surface area contributed by atoms with E-state index in [-0.39, 0.29) is 30.1 Å². The predicted molar refractivity (Wildman–Crippen MR) is 100 cm³/mol. The fourth-order valence-corrected chi connectivity index (χ4v) is 3.37. The number of nitrogens with zero attached hydrogens (tertiary/aromatic N) is 2. The third-order valence-corrected chi connectivity index (χ3v) is 4.89. The Labute approximate surface area is 160 Å². The average molecular weight is 384 g/mol. The molecule has 2 saturated heterocycles. The van der Waals surface area contributed by atoms with Gasteiger partial charge < -0.3 is 24.6 Å². The molecule has 2 aliphatic heterocycles. The molecule has 2 aliphatic rings. The lowest BCUT2D eigenvalue weighted by atomic mass is 10.1. The van der Waals surface area contributed by atoms with Crippen LogP contribution in [0, 0.1) is 5.92 Å². The predicted octanol–water partition coefficient (Wildman–Crippen LogP) is 1.02. The van der Waals surface area contributed by atoms with Crippen LogP contribution in [-0.2, 0) is 4.79 Å². The molecule has 0 bridgehead atoms. The summed E-state index contributed by atoms with van der Waals surface area (Å²) in [7, 11) is 3.12. The highest BCUT2D eigenvalue weighted by molar-refractivity contribution is 5.95. The first-order valence-corrected chi connectivity index (χ1v) is 8.64. The summed E-state index contributed by atoms with van der Waals surface area (Å²) in [6.07, 6.45) is 0.904. The van der Waals surface area contributed by atoms with Gasteiger partial charge in [0.1, 0.15) is 11.5 Å². The minimum atomic E-state index is -0.0631. The van der Waals surface area contributed by atoms with E-state index in [0.717, 1.165) is 19.5 Å². The lowest BCUT2D eigenvalue weighted by Gasteiger charge is -2.36. The van der Waals surface area contributed by atoms with Crippen molar-refractivity contribution in [1.29, 1.82) is 0 Å². The van der Waals surface area contributed by atoms with Gasteiger partial charge in [-0.25, -0.2) is 0 Å². The molecular weight excluding hydrogens is 358 g/mol. The number of carbonyl (C=O) groups excluding carboxylic acids is 2. The van der Waals surface area contributed by atoms with Gasteiger partial charge in [-0.3, -0.25) is 9.59 Å². The first-order chi connectivity index (χ1) is 12.1. The molecule has 144 valence electrons. The Morgan fingerprint density at radius 1 is 1.00 bits per heavy atom. The Hall–Kier alpha value is -1.99. The molecule has 3 rings (SSSR count). The minimum absolute atomic E-state index is 0. The van der Waals surface area contributed by atoms with Crippen molar-refractivity contribution >= 4 is 24.2 Å². The van der Waals surface area contributed by atoms with Gasteiger partial charge in [-0.1, -0.05) is 0 Å². The van der Waals surface area contributed by atoms with E-state index in [0.29, 0.717) is 43.2 Å². The molecule has 7 nitrogen and oxygen atoms in total. The van der Waals surface area contributed by atoms with Crippen LogP contribution < -0.4 is 14.8 Å². The highest BCUT2D eigenvalue weighted by Crippen LogP contribution is 2.24. The maximum absolute atomic E-state index is 12.8. The Balaban J connectivity index is 0.00000243. The molecule has 1 N–H and O–H groups in total. The van der Waals surface area contributed by atoms with Gasteiger partial charge in [-0.05, 0) is 25.1 Å². The lowest BCUT2D eigenvalue weighted by Crippen LogP contribution is -2.52. The highest BCUT2D eigenvalue weighted by Gasteiger charge is 2.30. The zero-order valence-electron chi connectivity index (χ0n) is 15.2. The molecule has 2 amide bonds.